The monoisotopic (exact) mass is 280 g/mol. The van der Waals surface area contributed by atoms with Crippen molar-refractivity contribution >= 4 is 11.6 Å². The molecule has 4 N–H and O–H groups in total. The van der Waals surface area contributed by atoms with Crippen LogP contribution in [0.15, 0.2) is 48.5 Å². The molecular formula is C14H12N6O. The summed E-state index contributed by atoms with van der Waals surface area (Å²) in [6, 6.07) is 14.2. The van der Waals surface area contributed by atoms with Gasteiger partial charge in [0, 0.05) is 5.56 Å². The lowest BCUT2D eigenvalue weighted by molar-refractivity contribution is 0.1000. The molecule has 104 valence electrons. The Hall–Kier alpha value is -3.22. The Morgan fingerprint density at radius 1 is 1.05 bits per heavy atom. The average molecular weight is 280 g/mol. The Labute approximate surface area is 120 Å². The number of hydrogen-bond donors (Lipinski definition) is 2. The fourth-order valence-electron chi connectivity index (χ4n) is 2.00. The maximum absolute atomic E-state index is 11.5. The minimum absolute atomic E-state index is 0.243. The van der Waals surface area contributed by atoms with Gasteiger partial charge in [-0.25, -0.2) is 0 Å². The summed E-state index contributed by atoms with van der Waals surface area (Å²) >= 11 is 0. The summed E-state index contributed by atoms with van der Waals surface area (Å²) in [4.78, 5) is 12.7. The summed E-state index contributed by atoms with van der Waals surface area (Å²) in [6.45, 7) is 0. The molecule has 3 aromatic rings. The summed E-state index contributed by atoms with van der Waals surface area (Å²) in [6.07, 6.45) is 0. The number of tetrazole rings is 1. The first-order valence-electron chi connectivity index (χ1n) is 6.21. The van der Waals surface area contributed by atoms with Crippen molar-refractivity contribution in [1.29, 1.82) is 0 Å². The van der Waals surface area contributed by atoms with Gasteiger partial charge in [-0.1, -0.05) is 36.4 Å². The van der Waals surface area contributed by atoms with E-state index in [1.807, 2.05) is 30.3 Å². The molecule has 7 heteroatoms. The zero-order valence-electron chi connectivity index (χ0n) is 11.0. The molecule has 0 radical (unpaired) electrons. The number of hydrogen-bond acceptors (Lipinski definition) is 5. The summed E-state index contributed by atoms with van der Waals surface area (Å²) in [5.41, 5.74) is 13.0. The molecule has 0 saturated carbocycles. The molecule has 1 heterocycles. The number of benzene rings is 2. The minimum Gasteiger partial charge on any atom is -0.397 e. The lowest BCUT2D eigenvalue weighted by Crippen LogP contribution is -2.17. The zero-order valence-corrected chi connectivity index (χ0v) is 11.0. The third-order valence-electron chi connectivity index (χ3n) is 2.98. The first kappa shape index (κ1) is 12.8. The average Bonchev–Trinajstić information content (AvgIpc) is 2.97. The van der Waals surface area contributed by atoms with Crippen molar-refractivity contribution in [1.82, 2.24) is 20.2 Å². The standard InChI is InChI=1S/C14H12N6O/c15-11-8-4-7-10(13(16)21)12(11)20-18-14(17-19-20)9-5-2-1-3-6-9/h1-8H,15H2,(H2,16,21). The lowest BCUT2D eigenvalue weighted by Gasteiger charge is -2.07. The molecule has 0 atom stereocenters. The van der Waals surface area contributed by atoms with Crippen molar-refractivity contribution in [2.24, 2.45) is 5.73 Å². The first-order valence-corrected chi connectivity index (χ1v) is 6.21. The van der Waals surface area contributed by atoms with Crippen LogP contribution in [0.2, 0.25) is 0 Å². The van der Waals surface area contributed by atoms with Crippen LogP contribution in [0.5, 0.6) is 0 Å². The van der Waals surface area contributed by atoms with Crippen LogP contribution in [0.4, 0.5) is 5.69 Å². The molecule has 0 aliphatic carbocycles. The molecule has 1 amide bonds. The Kier molecular flexibility index (Phi) is 3.07. The molecule has 0 aliphatic rings. The van der Waals surface area contributed by atoms with Crippen LogP contribution in [0.25, 0.3) is 17.1 Å². The number of carbonyl (C=O) groups excluding carboxylic acids is 1. The van der Waals surface area contributed by atoms with Gasteiger partial charge in [0.05, 0.1) is 11.3 Å². The highest BCUT2D eigenvalue weighted by atomic mass is 16.1. The van der Waals surface area contributed by atoms with E-state index in [1.165, 1.54) is 4.80 Å². The molecule has 0 bridgehead atoms. The fraction of sp³-hybridized carbons (Fsp3) is 0. The van der Waals surface area contributed by atoms with Gasteiger partial charge in [-0.2, -0.15) is 0 Å². The number of primary amides is 1. The number of anilines is 1. The molecule has 2 aromatic carbocycles. The minimum atomic E-state index is -0.601. The van der Waals surface area contributed by atoms with E-state index in [4.69, 9.17) is 11.5 Å². The van der Waals surface area contributed by atoms with Gasteiger partial charge < -0.3 is 11.5 Å². The number of aromatic nitrogens is 4. The smallest absolute Gasteiger partial charge is 0.251 e. The van der Waals surface area contributed by atoms with Crippen LogP contribution in [0.1, 0.15) is 10.4 Å². The fourth-order valence-corrected chi connectivity index (χ4v) is 2.00. The normalized spacial score (nSPS) is 10.5. The van der Waals surface area contributed by atoms with Gasteiger partial charge in [-0.3, -0.25) is 4.79 Å². The second-order valence-corrected chi connectivity index (χ2v) is 4.38. The van der Waals surface area contributed by atoms with Crippen LogP contribution in [-0.2, 0) is 0 Å². The summed E-state index contributed by atoms with van der Waals surface area (Å²) in [5.74, 6) is -0.162. The van der Waals surface area contributed by atoms with E-state index in [9.17, 15) is 4.79 Å². The van der Waals surface area contributed by atoms with E-state index >= 15 is 0 Å². The van der Waals surface area contributed by atoms with E-state index in [0.29, 0.717) is 17.2 Å². The van der Waals surface area contributed by atoms with Gasteiger partial charge in [-0.15, -0.1) is 15.0 Å². The van der Waals surface area contributed by atoms with Gasteiger partial charge in [0.15, 0.2) is 0 Å². The molecule has 0 aliphatic heterocycles. The van der Waals surface area contributed by atoms with E-state index in [2.05, 4.69) is 15.4 Å². The van der Waals surface area contributed by atoms with Crippen LogP contribution in [-0.4, -0.2) is 26.1 Å². The first-order chi connectivity index (χ1) is 10.2. The van der Waals surface area contributed by atoms with Crippen LogP contribution in [0.3, 0.4) is 0 Å². The van der Waals surface area contributed by atoms with Crippen molar-refractivity contribution in [3.05, 3.63) is 54.1 Å². The molecular weight excluding hydrogens is 268 g/mol. The topological polar surface area (TPSA) is 113 Å². The molecule has 21 heavy (non-hydrogen) atoms. The number of nitrogens with zero attached hydrogens (tertiary/aromatic N) is 4. The highest BCUT2D eigenvalue weighted by molar-refractivity contribution is 5.98. The summed E-state index contributed by atoms with van der Waals surface area (Å²) in [5, 5.41) is 12.2. The van der Waals surface area contributed by atoms with E-state index in [0.717, 1.165) is 5.56 Å². The van der Waals surface area contributed by atoms with Crippen molar-refractivity contribution < 1.29 is 4.79 Å². The van der Waals surface area contributed by atoms with Gasteiger partial charge in [0.2, 0.25) is 5.82 Å². The number of nitrogen functional groups attached to an aromatic ring is 1. The molecule has 1 aromatic heterocycles. The zero-order chi connectivity index (χ0) is 14.8. The number of nitrogens with two attached hydrogens (primary N) is 2. The second kappa shape index (κ2) is 5.04. The molecule has 7 nitrogen and oxygen atoms in total. The number of rotatable bonds is 3. The number of para-hydroxylation sites is 1. The highest BCUT2D eigenvalue weighted by Gasteiger charge is 2.16. The Morgan fingerprint density at radius 3 is 2.52 bits per heavy atom. The van der Waals surface area contributed by atoms with Crippen LogP contribution >= 0.6 is 0 Å². The third kappa shape index (κ3) is 2.32. The predicted octanol–water partition coefficient (Wildman–Crippen LogP) is 1.01. The quantitative estimate of drug-likeness (QED) is 0.695. The second-order valence-electron chi connectivity index (χ2n) is 4.38. The molecule has 0 unspecified atom stereocenters. The SMILES string of the molecule is NC(=O)c1cccc(N)c1-n1nnc(-c2ccccc2)n1. The van der Waals surface area contributed by atoms with Gasteiger partial charge >= 0.3 is 0 Å². The van der Waals surface area contributed by atoms with Gasteiger partial charge in [-0.05, 0) is 17.3 Å². The van der Waals surface area contributed by atoms with Gasteiger partial charge in [0.25, 0.3) is 5.91 Å². The molecule has 3 rings (SSSR count). The molecule has 0 saturated heterocycles. The van der Waals surface area contributed by atoms with Crippen molar-refractivity contribution in [3.63, 3.8) is 0 Å². The Bertz CT molecular complexity index is 796. The highest BCUT2D eigenvalue weighted by Crippen LogP contribution is 2.21. The lowest BCUT2D eigenvalue weighted by atomic mass is 10.1. The largest absolute Gasteiger partial charge is 0.397 e. The maximum Gasteiger partial charge on any atom is 0.251 e. The van der Waals surface area contributed by atoms with Crippen molar-refractivity contribution in [3.8, 4) is 17.1 Å². The van der Waals surface area contributed by atoms with Crippen LogP contribution < -0.4 is 11.5 Å². The summed E-state index contributed by atoms with van der Waals surface area (Å²) < 4.78 is 0. The molecule has 0 spiro atoms. The number of carbonyl (C=O) groups is 1. The van der Waals surface area contributed by atoms with Crippen molar-refractivity contribution in [2.45, 2.75) is 0 Å². The summed E-state index contributed by atoms with van der Waals surface area (Å²) in [7, 11) is 0. The van der Waals surface area contributed by atoms with E-state index in [1.54, 1.807) is 18.2 Å². The maximum atomic E-state index is 11.5. The Morgan fingerprint density at radius 2 is 1.81 bits per heavy atom. The van der Waals surface area contributed by atoms with Gasteiger partial charge in [0.1, 0.15) is 5.69 Å². The van der Waals surface area contributed by atoms with Crippen LogP contribution in [0, 0.1) is 0 Å². The third-order valence-corrected chi connectivity index (χ3v) is 2.98. The predicted molar refractivity (Wildman–Crippen MR) is 77.5 cm³/mol. The van der Waals surface area contributed by atoms with E-state index in [-0.39, 0.29) is 5.56 Å². The van der Waals surface area contributed by atoms with Crippen molar-refractivity contribution in [2.75, 3.05) is 5.73 Å². The number of amides is 1. The Balaban J connectivity index is 2.11. The molecule has 0 fully saturated rings. The van der Waals surface area contributed by atoms with E-state index < -0.39 is 5.91 Å².